The lowest BCUT2D eigenvalue weighted by molar-refractivity contribution is -0.132. The molecular formula is C14H16BrNO3. The molecule has 0 aromatic heterocycles. The van der Waals surface area contributed by atoms with Crippen LogP contribution in [0.4, 0.5) is 0 Å². The van der Waals surface area contributed by atoms with Gasteiger partial charge in [0.1, 0.15) is 0 Å². The molecule has 1 rings (SSSR count). The van der Waals surface area contributed by atoms with Crippen LogP contribution in [0.15, 0.2) is 34.8 Å². The highest BCUT2D eigenvalue weighted by Gasteiger charge is 2.07. The lowest BCUT2D eigenvalue weighted by Crippen LogP contribution is -2.27. The Balaban J connectivity index is 2.58. The molecule has 102 valence electrons. The SMILES string of the molecule is Cc1ccc(Br)cc1CCN(C)C(=O)/C=C/C(=O)O. The number of hydrogen-bond acceptors (Lipinski definition) is 2. The van der Waals surface area contributed by atoms with Crippen LogP contribution in [0, 0.1) is 6.92 Å². The van der Waals surface area contributed by atoms with Crippen molar-refractivity contribution < 1.29 is 14.7 Å². The Labute approximate surface area is 120 Å². The first kappa shape index (κ1) is 15.4. The average Bonchev–Trinajstić information content (AvgIpc) is 2.36. The zero-order valence-electron chi connectivity index (χ0n) is 10.9. The highest BCUT2D eigenvalue weighted by Crippen LogP contribution is 2.16. The van der Waals surface area contributed by atoms with Crippen molar-refractivity contribution in [2.45, 2.75) is 13.3 Å². The van der Waals surface area contributed by atoms with E-state index in [1.54, 1.807) is 7.05 Å². The first-order valence-corrected chi connectivity index (χ1v) is 6.60. The predicted molar refractivity (Wildman–Crippen MR) is 77.0 cm³/mol. The normalized spacial score (nSPS) is 10.7. The molecule has 1 aromatic carbocycles. The van der Waals surface area contributed by atoms with Gasteiger partial charge in [0.15, 0.2) is 0 Å². The van der Waals surface area contributed by atoms with E-state index in [0.717, 1.165) is 28.6 Å². The molecular weight excluding hydrogens is 310 g/mol. The molecule has 0 atom stereocenters. The third-order valence-corrected chi connectivity index (χ3v) is 3.27. The highest BCUT2D eigenvalue weighted by molar-refractivity contribution is 9.10. The van der Waals surface area contributed by atoms with E-state index >= 15 is 0 Å². The van der Waals surface area contributed by atoms with Gasteiger partial charge in [-0.05, 0) is 36.6 Å². The number of likely N-dealkylation sites (N-methyl/N-ethyl adjacent to an activating group) is 1. The number of halogens is 1. The van der Waals surface area contributed by atoms with Crippen molar-refractivity contribution in [3.63, 3.8) is 0 Å². The Morgan fingerprint density at radius 2 is 2.05 bits per heavy atom. The quantitative estimate of drug-likeness (QED) is 0.846. The van der Waals surface area contributed by atoms with Gasteiger partial charge in [0, 0.05) is 30.2 Å². The Bertz CT molecular complexity index is 511. The van der Waals surface area contributed by atoms with Crippen LogP contribution < -0.4 is 0 Å². The van der Waals surface area contributed by atoms with E-state index < -0.39 is 5.97 Å². The number of carbonyl (C=O) groups is 2. The number of aryl methyl sites for hydroxylation is 1. The predicted octanol–water partition coefficient (Wildman–Crippen LogP) is 2.40. The van der Waals surface area contributed by atoms with Gasteiger partial charge in [-0.25, -0.2) is 4.79 Å². The topological polar surface area (TPSA) is 57.6 Å². The Hall–Kier alpha value is -1.62. The molecule has 5 heteroatoms. The molecule has 0 aliphatic rings. The van der Waals surface area contributed by atoms with Crippen molar-refractivity contribution in [3.8, 4) is 0 Å². The Morgan fingerprint density at radius 3 is 2.68 bits per heavy atom. The molecule has 0 spiro atoms. The maximum absolute atomic E-state index is 11.6. The van der Waals surface area contributed by atoms with Gasteiger partial charge in [0.2, 0.25) is 5.91 Å². The fourth-order valence-corrected chi connectivity index (χ4v) is 1.99. The largest absolute Gasteiger partial charge is 0.478 e. The van der Waals surface area contributed by atoms with E-state index in [2.05, 4.69) is 15.9 Å². The first-order valence-electron chi connectivity index (χ1n) is 5.81. The smallest absolute Gasteiger partial charge is 0.328 e. The van der Waals surface area contributed by atoms with E-state index in [1.165, 1.54) is 10.5 Å². The fraction of sp³-hybridized carbons (Fsp3) is 0.286. The molecule has 1 N–H and O–H groups in total. The summed E-state index contributed by atoms with van der Waals surface area (Å²) in [6, 6.07) is 6.02. The standard InChI is InChI=1S/C14H16BrNO3/c1-10-3-4-12(15)9-11(10)7-8-16(2)13(17)5-6-14(18)19/h3-6,9H,7-8H2,1-2H3,(H,18,19)/b6-5+. The van der Waals surface area contributed by atoms with Crippen molar-refractivity contribution in [1.29, 1.82) is 0 Å². The van der Waals surface area contributed by atoms with Gasteiger partial charge in [-0.1, -0.05) is 22.0 Å². The van der Waals surface area contributed by atoms with E-state index in [1.807, 2.05) is 25.1 Å². The van der Waals surface area contributed by atoms with E-state index in [-0.39, 0.29) is 5.91 Å². The van der Waals surface area contributed by atoms with E-state index in [0.29, 0.717) is 6.54 Å². The van der Waals surface area contributed by atoms with E-state index in [9.17, 15) is 9.59 Å². The van der Waals surface area contributed by atoms with Gasteiger partial charge in [-0.2, -0.15) is 0 Å². The molecule has 0 fully saturated rings. The molecule has 1 aromatic rings. The van der Waals surface area contributed by atoms with Gasteiger partial charge in [-0.3, -0.25) is 4.79 Å². The second kappa shape index (κ2) is 7.09. The minimum atomic E-state index is -1.12. The van der Waals surface area contributed by atoms with Gasteiger partial charge < -0.3 is 10.0 Å². The van der Waals surface area contributed by atoms with Gasteiger partial charge in [0.25, 0.3) is 0 Å². The zero-order chi connectivity index (χ0) is 14.4. The highest BCUT2D eigenvalue weighted by atomic mass is 79.9. The zero-order valence-corrected chi connectivity index (χ0v) is 12.5. The van der Waals surface area contributed by atoms with Crippen molar-refractivity contribution >= 4 is 27.8 Å². The van der Waals surface area contributed by atoms with Crippen LogP contribution >= 0.6 is 15.9 Å². The van der Waals surface area contributed by atoms with E-state index in [4.69, 9.17) is 5.11 Å². The summed E-state index contributed by atoms with van der Waals surface area (Å²) in [6.45, 7) is 2.56. The summed E-state index contributed by atoms with van der Waals surface area (Å²) in [5.74, 6) is -1.43. The van der Waals surface area contributed by atoms with Crippen LogP contribution in [0.25, 0.3) is 0 Å². The maximum Gasteiger partial charge on any atom is 0.328 e. The minimum absolute atomic E-state index is 0.310. The number of nitrogens with zero attached hydrogens (tertiary/aromatic N) is 1. The van der Waals surface area contributed by atoms with Crippen LogP contribution in [-0.4, -0.2) is 35.5 Å². The van der Waals surface area contributed by atoms with Crippen LogP contribution in [0.3, 0.4) is 0 Å². The molecule has 0 saturated heterocycles. The van der Waals surface area contributed by atoms with Crippen molar-refractivity contribution in [3.05, 3.63) is 46.0 Å². The monoisotopic (exact) mass is 325 g/mol. The number of rotatable bonds is 5. The van der Waals surface area contributed by atoms with Crippen LogP contribution in [0.5, 0.6) is 0 Å². The van der Waals surface area contributed by atoms with Crippen LogP contribution in [0.1, 0.15) is 11.1 Å². The van der Waals surface area contributed by atoms with Gasteiger partial charge >= 0.3 is 5.97 Å². The second-order valence-corrected chi connectivity index (χ2v) is 5.17. The summed E-state index contributed by atoms with van der Waals surface area (Å²) in [6.07, 6.45) is 2.65. The van der Waals surface area contributed by atoms with Crippen molar-refractivity contribution in [1.82, 2.24) is 4.90 Å². The lowest BCUT2D eigenvalue weighted by Gasteiger charge is -2.16. The molecule has 0 saturated carbocycles. The molecule has 0 heterocycles. The minimum Gasteiger partial charge on any atom is -0.478 e. The Morgan fingerprint density at radius 1 is 1.37 bits per heavy atom. The maximum atomic E-state index is 11.6. The van der Waals surface area contributed by atoms with Crippen LogP contribution in [0.2, 0.25) is 0 Å². The summed E-state index contributed by atoms with van der Waals surface area (Å²) in [5.41, 5.74) is 2.33. The summed E-state index contributed by atoms with van der Waals surface area (Å²) in [4.78, 5) is 23.4. The third kappa shape index (κ3) is 5.26. The molecule has 0 aliphatic carbocycles. The summed E-state index contributed by atoms with van der Waals surface area (Å²) in [7, 11) is 1.65. The molecule has 0 radical (unpaired) electrons. The summed E-state index contributed by atoms with van der Waals surface area (Å²) in [5, 5.41) is 8.46. The van der Waals surface area contributed by atoms with Crippen molar-refractivity contribution in [2.75, 3.05) is 13.6 Å². The number of amides is 1. The molecule has 4 nitrogen and oxygen atoms in total. The summed E-state index contributed by atoms with van der Waals surface area (Å²) >= 11 is 3.42. The lowest BCUT2D eigenvalue weighted by atomic mass is 10.1. The number of carbonyl (C=O) groups excluding carboxylic acids is 1. The van der Waals surface area contributed by atoms with Crippen LogP contribution in [-0.2, 0) is 16.0 Å². The molecule has 0 bridgehead atoms. The summed E-state index contributed by atoms with van der Waals surface area (Å²) < 4.78 is 1.01. The molecule has 1 amide bonds. The number of aliphatic carboxylic acids is 1. The molecule has 19 heavy (non-hydrogen) atoms. The second-order valence-electron chi connectivity index (χ2n) is 4.25. The number of carboxylic acids is 1. The van der Waals surface area contributed by atoms with Gasteiger partial charge in [0.05, 0.1) is 0 Å². The number of hydrogen-bond donors (Lipinski definition) is 1. The third-order valence-electron chi connectivity index (χ3n) is 2.77. The first-order chi connectivity index (χ1) is 8.90. The average molecular weight is 326 g/mol. The molecule has 0 unspecified atom stereocenters. The number of carboxylic acid groups (broad SMARTS) is 1. The fourth-order valence-electron chi connectivity index (χ4n) is 1.58. The Kier molecular flexibility index (Phi) is 5.76. The van der Waals surface area contributed by atoms with Crippen molar-refractivity contribution in [2.24, 2.45) is 0 Å². The number of benzene rings is 1. The van der Waals surface area contributed by atoms with Gasteiger partial charge in [-0.15, -0.1) is 0 Å². The molecule has 0 aliphatic heterocycles.